The topological polar surface area (TPSA) is 73.8 Å². The minimum atomic E-state index is -0.734. The summed E-state index contributed by atoms with van der Waals surface area (Å²) < 4.78 is 5.16. The molecule has 2 saturated heterocycles. The van der Waals surface area contributed by atoms with Crippen LogP contribution in [-0.2, 0) is 15.9 Å². The van der Waals surface area contributed by atoms with Gasteiger partial charge in [0.25, 0.3) is 0 Å². The summed E-state index contributed by atoms with van der Waals surface area (Å²) in [6.45, 7) is 9.15. The van der Waals surface area contributed by atoms with Crippen LogP contribution in [0.25, 0.3) is 0 Å². The van der Waals surface area contributed by atoms with Crippen molar-refractivity contribution in [1.29, 1.82) is 0 Å². The second-order valence-electron chi connectivity index (χ2n) is 14.4. The van der Waals surface area contributed by atoms with E-state index in [0.29, 0.717) is 17.8 Å². The van der Waals surface area contributed by atoms with Gasteiger partial charge < -0.3 is 25.6 Å². The lowest BCUT2D eigenvalue weighted by atomic mass is 9.74. The van der Waals surface area contributed by atoms with Crippen molar-refractivity contribution >= 4 is 11.6 Å². The Bertz CT molecular complexity index is 1130. The van der Waals surface area contributed by atoms with Gasteiger partial charge in [-0.15, -0.1) is 0 Å². The number of ether oxygens (including phenoxy) is 1. The lowest BCUT2D eigenvalue weighted by molar-refractivity contribution is -0.0435. The molecule has 2 aromatic rings. The van der Waals surface area contributed by atoms with E-state index in [2.05, 4.69) is 48.7 Å². The van der Waals surface area contributed by atoms with E-state index < -0.39 is 11.2 Å². The highest BCUT2D eigenvalue weighted by atomic mass is 35.5. The molecule has 0 aromatic heterocycles. The van der Waals surface area contributed by atoms with Gasteiger partial charge in [-0.2, -0.15) is 0 Å². The largest absolute Gasteiger partial charge is 0.385 e. The Labute approximate surface area is 278 Å². The first-order valence-corrected chi connectivity index (χ1v) is 18.4. The van der Waals surface area contributed by atoms with Gasteiger partial charge in [0.05, 0.1) is 11.2 Å². The molecule has 0 bridgehead atoms. The van der Waals surface area contributed by atoms with Gasteiger partial charge in [-0.05, 0) is 105 Å². The molecule has 6 heteroatoms. The molecular formula is C39H61ClN2O3. The highest BCUT2D eigenvalue weighted by molar-refractivity contribution is 6.30. The normalized spacial score (nSPS) is 23.1. The summed E-state index contributed by atoms with van der Waals surface area (Å²) in [6.07, 6.45) is 14.7. The third kappa shape index (κ3) is 10.8. The van der Waals surface area contributed by atoms with Crippen molar-refractivity contribution in [1.82, 2.24) is 10.6 Å². The molecule has 5 rings (SSSR count). The summed E-state index contributed by atoms with van der Waals surface area (Å²) in [6, 6.07) is 16.4. The van der Waals surface area contributed by atoms with Gasteiger partial charge in [-0.3, -0.25) is 0 Å². The number of unbranched alkanes of at least 4 members (excludes halogenated alkanes) is 2. The van der Waals surface area contributed by atoms with Crippen molar-refractivity contribution < 1.29 is 14.9 Å². The van der Waals surface area contributed by atoms with Crippen molar-refractivity contribution in [3.63, 3.8) is 0 Å². The number of nitrogens with one attached hydrogen (secondary N) is 2. The lowest BCUT2D eigenvalue weighted by Crippen LogP contribution is -2.44. The quantitative estimate of drug-likeness (QED) is 0.147. The van der Waals surface area contributed by atoms with E-state index in [1.807, 2.05) is 24.3 Å². The van der Waals surface area contributed by atoms with E-state index in [1.54, 1.807) is 7.11 Å². The number of benzene rings is 2. The molecule has 252 valence electrons. The number of hydrogen-bond donors (Lipinski definition) is 4. The fourth-order valence-electron chi connectivity index (χ4n) is 7.49. The van der Waals surface area contributed by atoms with Gasteiger partial charge in [0.2, 0.25) is 0 Å². The zero-order valence-corrected chi connectivity index (χ0v) is 29.1. The number of piperidine rings is 2. The maximum atomic E-state index is 11.6. The van der Waals surface area contributed by atoms with Crippen molar-refractivity contribution in [3.05, 3.63) is 70.2 Å². The van der Waals surface area contributed by atoms with Crippen LogP contribution in [0.3, 0.4) is 0 Å². The first-order chi connectivity index (χ1) is 21.8. The predicted molar refractivity (Wildman–Crippen MR) is 188 cm³/mol. The van der Waals surface area contributed by atoms with Crippen LogP contribution >= 0.6 is 11.6 Å². The van der Waals surface area contributed by atoms with E-state index in [4.69, 9.17) is 16.3 Å². The van der Waals surface area contributed by atoms with Crippen LogP contribution in [0, 0.1) is 17.8 Å². The van der Waals surface area contributed by atoms with Crippen molar-refractivity contribution in [2.45, 2.75) is 114 Å². The summed E-state index contributed by atoms with van der Waals surface area (Å²) in [5.74, 6) is 2.05. The highest BCUT2D eigenvalue weighted by Gasteiger charge is 2.40. The van der Waals surface area contributed by atoms with Gasteiger partial charge in [-0.1, -0.05) is 94.0 Å². The summed E-state index contributed by atoms with van der Waals surface area (Å²) in [4.78, 5) is 0. The van der Waals surface area contributed by atoms with Crippen LogP contribution in [0.1, 0.15) is 120 Å². The van der Waals surface area contributed by atoms with Crippen molar-refractivity contribution in [2.24, 2.45) is 17.8 Å². The molecule has 0 amide bonds. The van der Waals surface area contributed by atoms with Crippen LogP contribution in [0.2, 0.25) is 5.02 Å². The van der Waals surface area contributed by atoms with Gasteiger partial charge in [0.1, 0.15) is 0 Å². The smallest absolute Gasteiger partial charge is 0.0937 e. The Morgan fingerprint density at radius 1 is 0.800 bits per heavy atom. The first kappa shape index (κ1) is 36.4. The van der Waals surface area contributed by atoms with Crippen molar-refractivity contribution in [3.8, 4) is 0 Å². The third-order valence-electron chi connectivity index (χ3n) is 10.6. The molecule has 1 aliphatic carbocycles. The Kier molecular flexibility index (Phi) is 14.7. The summed E-state index contributed by atoms with van der Waals surface area (Å²) in [7, 11) is 1.74. The molecule has 0 unspecified atom stereocenters. The Balaban J connectivity index is 0.000000205. The van der Waals surface area contributed by atoms with Crippen LogP contribution in [0.5, 0.6) is 0 Å². The standard InChI is InChI=1S/C20H33NO2.C19H28ClNO/c1-16(2)17-8-6-9-18(14-17)20(22,11-4-5-13-23-3)19-10-7-12-21-15-19;20-18-8-3-6-16(13-18)19(22,17-7-4-12-21-14-17)11-2-1-5-15-9-10-15/h6,8-9,14,16,19,21-22H,4-5,7,10-13,15H2,1-3H3;3,6,8,13,15,17,21-22H,1-2,4-5,7,9-12,14H2/t19-,20-;17-,19-/m11/s1. The maximum Gasteiger partial charge on any atom is 0.0937 e. The number of rotatable bonds is 15. The van der Waals surface area contributed by atoms with Crippen LogP contribution < -0.4 is 10.6 Å². The summed E-state index contributed by atoms with van der Waals surface area (Å²) in [5, 5.41) is 30.8. The molecule has 3 aliphatic rings. The van der Waals surface area contributed by atoms with Gasteiger partial charge >= 0.3 is 0 Å². The van der Waals surface area contributed by atoms with E-state index in [-0.39, 0.29) is 0 Å². The van der Waals surface area contributed by atoms with Gasteiger partial charge in [0, 0.05) is 43.7 Å². The van der Waals surface area contributed by atoms with Crippen LogP contribution in [0.4, 0.5) is 0 Å². The molecule has 5 nitrogen and oxygen atoms in total. The van der Waals surface area contributed by atoms with Gasteiger partial charge in [-0.25, -0.2) is 0 Å². The molecule has 4 N–H and O–H groups in total. The average molecular weight is 641 g/mol. The van der Waals surface area contributed by atoms with Crippen LogP contribution in [-0.4, -0.2) is 50.1 Å². The minimum Gasteiger partial charge on any atom is -0.385 e. The van der Waals surface area contributed by atoms with E-state index in [9.17, 15) is 10.2 Å². The Morgan fingerprint density at radius 3 is 1.89 bits per heavy atom. The lowest BCUT2D eigenvalue weighted by Gasteiger charge is -2.40. The molecule has 2 aromatic carbocycles. The molecule has 2 heterocycles. The second-order valence-corrected chi connectivity index (χ2v) is 14.8. The molecule has 0 spiro atoms. The highest BCUT2D eigenvalue weighted by Crippen LogP contribution is 2.41. The SMILES string of the molecule is COCCCC[C@@](O)(c1cccc(C(C)C)c1)[C@@H]1CCCNC1.O[C@](CCCCC1CC1)(c1cccc(Cl)c1)[C@@H]1CCCNC1. The number of aliphatic hydroxyl groups is 2. The minimum absolute atomic E-state index is 0.292. The fraction of sp³-hybridized carbons (Fsp3) is 0.692. The Morgan fingerprint density at radius 2 is 1.38 bits per heavy atom. The maximum absolute atomic E-state index is 11.6. The van der Waals surface area contributed by atoms with Gasteiger partial charge in [0.15, 0.2) is 0 Å². The zero-order valence-electron chi connectivity index (χ0n) is 28.3. The molecule has 2 aliphatic heterocycles. The number of methoxy groups -OCH3 is 1. The van der Waals surface area contributed by atoms with E-state index >= 15 is 0 Å². The summed E-state index contributed by atoms with van der Waals surface area (Å²) >= 11 is 6.17. The molecule has 1 saturated carbocycles. The Hall–Kier alpha value is -1.47. The third-order valence-corrected chi connectivity index (χ3v) is 10.8. The zero-order chi connectivity index (χ0) is 32.1. The molecule has 4 atom stereocenters. The number of hydrogen-bond acceptors (Lipinski definition) is 5. The summed E-state index contributed by atoms with van der Waals surface area (Å²) in [5.41, 5.74) is 1.94. The molecular weight excluding hydrogens is 580 g/mol. The molecule has 3 fully saturated rings. The van der Waals surface area contributed by atoms with E-state index in [1.165, 1.54) is 31.2 Å². The monoisotopic (exact) mass is 640 g/mol. The molecule has 45 heavy (non-hydrogen) atoms. The average Bonchev–Trinajstić information content (AvgIpc) is 3.91. The van der Waals surface area contributed by atoms with Crippen molar-refractivity contribution in [2.75, 3.05) is 39.9 Å². The van der Waals surface area contributed by atoms with Crippen LogP contribution in [0.15, 0.2) is 48.5 Å². The second kappa shape index (κ2) is 18.2. The first-order valence-electron chi connectivity index (χ1n) is 18.0. The van der Waals surface area contributed by atoms with E-state index in [0.717, 1.165) is 113 Å². The number of halogens is 1. The predicted octanol–water partition coefficient (Wildman–Crippen LogP) is 8.31. The fourth-order valence-corrected chi connectivity index (χ4v) is 7.68. The molecule has 0 radical (unpaired) electrons.